The van der Waals surface area contributed by atoms with Crippen LogP contribution < -0.4 is 0 Å². The van der Waals surface area contributed by atoms with Crippen molar-refractivity contribution in [2.45, 2.75) is 64.6 Å². The predicted octanol–water partition coefficient (Wildman–Crippen LogP) is 4.01. The quantitative estimate of drug-likeness (QED) is 0.829. The molecule has 0 aliphatic carbocycles. The molecule has 0 spiro atoms. The van der Waals surface area contributed by atoms with Crippen molar-refractivity contribution in [2.24, 2.45) is 10.3 Å². The molecule has 4 heteroatoms. The molecule has 1 saturated heterocycles. The minimum Gasteiger partial charge on any atom is -0.393 e. The number of hydrogen-bond acceptors (Lipinski definition) is 3. The maximum Gasteiger partial charge on any atom is 0.0874 e. The SMILES string of the molecule is Cc1ccc(/N=N/N2C(C)(C)CC(O)CC2(C)C)cc1. The van der Waals surface area contributed by atoms with Gasteiger partial charge in [0.05, 0.1) is 22.9 Å². The summed E-state index contributed by atoms with van der Waals surface area (Å²) in [4.78, 5) is 0. The summed E-state index contributed by atoms with van der Waals surface area (Å²) in [7, 11) is 0. The van der Waals surface area contributed by atoms with E-state index in [9.17, 15) is 5.11 Å². The van der Waals surface area contributed by atoms with Gasteiger partial charge in [0, 0.05) is 0 Å². The van der Waals surface area contributed by atoms with Gasteiger partial charge in [0.2, 0.25) is 0 Å². The molecule has 4 nitrogen and oxygen atoms in total. The average Bonchev–Trinajstić information content (AvgIpc) is 2.28. The van der Waals surface area contributed by atoms with Gasteiger partial charge in [0.25, 0.3) is 0 Å². The second kappa shape index (κ2) is 5.17. The molecule has 1 aliphatic rings. The van der Waals surface area contributed by atoms with E-state index in [1.165, 1.54) is 5.56 Å². The van der Waals surface area contributed by atoms with Gasteiger partial charge in [-0.2, -0.15) is 0 Å². The minimum absolute atomic E-state index is 0.199. The van der Waals surface area contributed by atoms with Crippen LogP contribution in [-0.2, 0) is 0 Å². The summed E-state index contributed by atoms with van der Waals surface area (Å²) in [6.45, 7) is 10.5. The Hall–Kier alpha value is -1.42. The summed E-state index contributed by atoms with van der Waals surface area (Å²) < 4.78 is 0. The molecule has 0 saturated carbocycles. The first-order chi connectivity index (χ1) is 9.21. The van der Waals surface area contributed by atoms with Crippen LogP contribution in [0, 0.1) is 6.92 Å². The molecule has 1 aromatic carbocycles. The number of aliphatic hydroxyl groups is 1. The van der Waals surface area contributed by atoms with Crippen LogP contribution in [0.3, 0.4) is 0 Å². The number of hydrogen-bond donors (Lipinski definition) is 1. The van der Waals surface area contributed by atoms with E-state index in [0.29, 0.717) is 12.8 Å². The Morgan fingerprint density at radius 2 is 1.55 bits per heavy atom. The van der Waals surface area contributed by atoms with Crippen LogP contribution in [0.2, 0.25) is 0 Å². The molecule has 1 aliphatic heterocycles. The van der Waals surface area contributed by atoms with Crippen molar-refractivity contribution in [2.75, 3.05) is 0 Å². The van der Waals surface area contributed by atoms with E-state index in [1.807, 2.05) is 29.3 Å². The van der Waals surface area contributed by atoms with Gasteiger partial charge in [-0.3, -0.25) is 5.01 Å². The van der Waals surface area contributed by atoms with Crippen molar-refractivity contribution in [1.29, 1.82) is 0 Å². The van der Waals surface area contributed by atoms with E-state index in [-0.39, 0.29) is 17.2 Å². The molecule has 1 N–H and O–H groups in total. The Morgan fingerprint density at radius 3 is 2.05 bits per heavy atom. The molecule has 0 atom stereocenters. The fraction of sp³-hybridized carbons (Fsp3) is 0.625. The summed E-state index contributed by atoms with van der Waals surface area (Å²) in [5, 5.41) is 20.9. The first-order valence-corrected chi connectivity index (χ1v) is 7.17. The number of piperidine rings is 1. The van der Waals surface area contributed by atoms with Gasteiger partial charge in [0.15, 0.2) is 0 Å². The zero-order valence-corrected chi connectivity index (χ0v) is 13.1. The first-order valence-electron chi connectivity index (χ1n) is 7.17. The molecule has 1 fully saturated rings. The molecule has 0 unspecified atom stereocenters. The fourth-order valence-corrected chi connectivity index (χ4v) is 3.17. The van der Waals surface area contributed by atoms with Gasteiger partial charge in [-0.05, 0) is 59.6 Å². The van der Waals surface area contributed by atoms with Crippen LogP contribution >= 0.6 is 0 Å². The van der Waals surface area contributed by atoms with Gasteiger partial charge in [-0.25, -0.2) is 0 Å². The first kappa shape index (κ1) is 15.0. The third kappa shape index (κ3) is 3.18. The van der Waals surface area contributed by atoms with Crippen molar-refractivity contribution in [3.05, 3.63) is 29.8 Å². The Bertz CT molecular complexity index is 473. The Morgan fingerprint density at radius 1 is 1.05 bits per heavy atom. The average molecular weight is 275 g/mol. The number of aryl methyl sites for hydroxylation is 1. The number of aliphatic hydroxyl groups excluding tert-OH is 1. The smallest absolute Gasteiger partial charge is 0.0874 e. The Labute approximate surface area is 121 Å². The standard InChI is InChI=1S/C16H25N3O/c1-12-6-8-13(9-7-12)17-18-19-15(2,3)10-14(20)11-16(19,4)5/h6-9,14,20H,10-11H2,1-5H3/b18-17+. The highest BCUT2D eigenvalue weighted by molar-refractivity contribution is 5.37. The highest BCUT2D eigenvalue weighted by Crippen LogP contribution is 2.39. The molecule has 1 heterocycles. The molecule has 2 rings (SSSR count). The summed E-state index contributed by atoms with van der Waals surface area (Å²) in [6.07, 6.45) is 1.15. The van der Waals surface area contributed by atoms with E-state index < -0.39 is 0 Å². The van der Waals surface area contributed by atoms with Crippen LogP contribution in [0.5, 0.6) is 0 Å². The lowest BCUT2D eigenvalue weighted by Crippen LogP contribution is -2.59. The van der Waals surface area contributed by atoms with Crippen molar-refractivity contribution in [1.82, 2.24) is 5.01 Å². The van der Waals surface area contributed by atoms with Gasteiger partial charge < -0.3 is 5.11 Å². The Kier molecular flexibility index (Phi) is 3.87. The lowest BCUT2D eigenvalue weighted by Gasteiger charge is -2.51. The maximum atomic E-state index is 10.0. The van der Waals surface area contributed by atoms with E-state index in [0.717, 1.165) is 5.69 Å². The van der Waals surface area contributed by atoms with Crippen LogP contribution in [0.1, 0.15) is 46.1 Å². The van der Waals surface area contributed by atoms with Crippen LogP contribution in [0.4, 0.5) is 5.69 Å². The second-order valence-corrected chi connectivity index (χ2v) is 7.02. The Balaban J connectivity index is 2.23. The number of benzene rings is 1. The molecule has 1 aromatic rings. The second-order valence-electron chi connectivity index (χ2n) is 7.02. The summed E-state index contributed by atoms with van der Waals surface area (Å²) in [6, 6.07) is 8.00. The monoisotopic (exact) mass is 275 g/mol. The molecule has 0 bridgehead atoms. The van der Waals surface area contributed by atoms with Crippen molar-refractivity contribution < 1.29 is 5.11 Å². The van der Waals surface area contributed by atoms with Gasteiger partial charge in [0.1, 0.15) is 0 Å². The molecule has 0 aromatic heterocycles. The fourth-order valence-electron chi connectivity index (χ4n) is 3.17. The lowest BCUT2D eigenvalue weighted by molar-refractivity contribution is -0.0844. The van der Waals surface area contributed by atoms with E-state index in [4.69, 9.17) is 0 Å². The topological polar surface area (TPSA) is 48.2 Å². The summed E-state index contributed by atoms with van der Waals surface area (Å²) in [5.74, 6) is 0. The van der Waals surface area contributed by atoms with Crippen molar-refractivity contribution in [3.8, 4) is 0 Å². The number of nitrogens with zero attached hydrogens (tertiary/aromatic N) is 3. The van der Waals surface area contributed by atoms with Gasteiger partial charge in [-0.1, -0.05) is 22.9 Å². The molecule has 110 valence electrons. The van der Waals surface area contributed by atoms with E-state index in [2.05, 4.69) is 45.0 Å². The van der Waals surface area contributed by atoms with E-state index in [1.54, 1.807) is 0 Å². The highest BCUT2D eigenvalue weighted by Gasteiger charge is 2.45. The van der Waals surface area contributed by atoms with Crippen molar-refractivity contribution >= 4 is 5.69 Å². The van der Waals surface area contributed by atoms with Crippen LogP contribution in [-0.4, -0.2) is 27.3 Å². The zero-order chi connectivity index (χ0) is 15.0. The third-order valence-corrected chi connectivity index (χ3v) is 3.90. The van der Waals surface area contributed by atoms with Gasteiger partial charge >= 0.3 is 0 Å². The van der Waals surface area contributed by atoms with E-state index >= 15 is 0 Å². The van der Waals surface area contributed by atoms with Crippen LogP contribution in [0.15, 0.2) is 34.6 Å². The summed E-state index contributed by atoms with van der Waals surface area (Å²) >= 11 is 0. The summed E-state index contributed by atoms with van der Waals surface area (Å²) in [5.41, 5.74) is 1.67. The molecular formula is C16H25N3O. The minimum atomic E-state index is -0.272. The predicted molar refractivity (Wildman–Crippen MR) is 80.9 cm³/mol. The molecule has 20 heavy (non-hydrogen) atoms. The molecular weight excluding hydrogens is 250 g/mol. The maximum absolute atomic E-state index is 10.0. The number of rotatable bonds is 2. The normalized spacial score (nSPS) is 22.4. The zero-order valence-electron chi connectivity index (χ0n) is 13.1. The van der Waals surface area contributed by atoms with Crippen LogP contribution in [0.25, 0.3) is 0 Å². The molecule has 0 amide bonds. The largest absolute Gasteiger partial charge is 0.393 e. The van der Waals surface area contributed by atoms with Crippen molar-refractivity contribution in [3.63, 3.8) is 0 Å². The van der Waals surface area contributed by atoms with Gasteiger partial charge in [-0.15, -0.1) is 5.11 Å². The third-order valence-electron chi connectivity index (χ3n) is 3.90. The molecule has 0 radical (unpaired) electrons. The highest BCUT2D eigenvalue weighted by atomic mass is 16.3. The lowest BCUT2D eigenvalue weighted by atomic mass is 9.80.